The van der Waals surface area contributed by atoms with Crippen molar-refractivity contribution in [3.8, 4) is 11.5 Å². The molecule has 0 aromatic heterocycles. The van der Waals surface area contributed by atoms with E-state index in [1.807, 2.05) is 0 Å². The van der Waals surface area contributed by atoms with Crippen LogP contribution in [-0.4, -0.2) is 11.0 Å². The van der Waals surface area contributed by atoms with Crippen LogP contribution in [-0.2, 0) is 0 Å². The third-order valence-electron chi connectivity index (χ3n) is 2.47. The summed E-state index contributed by atoms with van der Waals surface area (Å²) in [5, 5.41) is 11.4. The fourth-order valence-corrected chi connectivity index (χ4v) is 2.02. The lowest BCUT2D eigenvalue weighted by atomic mass is 10.2. The molecule has 2 aromatic carbocycles. The van der Waals surface area contributed by atoms with E-state index in [4.69, 9.17) is 15.7 Å². The summed E-state index contributed by atoms with van der Waals surface area (Å²) in [7, 11) is 0. The summed E-state index contributed by atoms with van der Waals surface area (Å²) in [6.45, 7) is 0. The van der Waals surface area contributed by atoms with Gasteiger partial charge in [0.25, 0.3) is 0 Å². The van der Waals surface area contributed by atoms with Gasteiger partial charge in [-0.15, -0.1) is 0 Å². The molecule has 7 heteroatoms. The summed E-state index contributed by atoms with van der Waals surface area (Å²) in [5.41, 5.74) is 5.60. The molecule has 104 valence electrons. The smallest absolute Gasteiger partial charge is 0.180 e. The maximum absolute atomic E-state index is 14.1. The summed E-state index contributed by atoms with van der Waals surface area (Å²) >= 11 is 3.01. The van der Waals surface area contributed by atoms with Gasteiger partial charge in [0.2, 0.25) is 0 Å². The minimum absolute atomic E-state index is 0.00686. The minimum Gasteiger partial charge on any atom is -0.454 e. The van der Waals surface area contributed by atoms with E-state index in [9.17, 15) is 8.78 Å². The Bertz CT molecular complexity index is 660. The standard InChI is InChI=1S/C13H9BrF2N2O2/c14-11-9(13(17)18-19)5-6-10(12(11)16)20-8-3-1-7(15)2-4-8/h1-6,19H,(H2,17,18). The molecule has 0 spiro atoms. The Labute approximate surface area is 121 Å². The Morgan fingerprint density at radius 1 is 1.15 bits per heavy atom. The molecule has 3 N–H and O–H groups in total. The minimum atomic E-state index is -0.710. The molecule has 0 radical (unpaired) electrons. The molecule has 0 heterocycles. The van der Waals surface area contributed by atoms with Crippen LogP contribution in [0, 0.1) is 11.6 Å². The molecule has 0 amide bonds. The topological polar surface area (TPSA) is 67.8 Å². The summed E-state index contributed by atoms with van der Waals surface area (Å²) in [4.78, 5) is 0. The summed E-state index contributed by atoms with van der Waals surface area (Å²) in [6.07, 6.45) is 0. The molecule has 20 heavy (non-hydrogen) atoms. The van der Waals surface area contributed by atoms with Gasteiger partial charge in [-0.1, -0.05) is 5.16 Å². The zero-order valence-electron chi connectivity index (χ0n) is 9.98. The Kier molecular flexibility index (Phi) is 4.19. The Hall–Kier alpha value is -2.15. The van der Waals surface area contributed by atoms with Crippen molar-refractivity contribution in [3.05, 3.63) is 58.1 Å². The SMILES string of the molecule is N/C(=N/O)c1ccc(Oc2ccc(F)cc2)c(F)c1Br. The quantitative estimate of drug-likeness (QED) is 0.387. The summed E-state index contributed by atoms with van der Waals surface area (Å²) in [6, 6.07) is 7.91. The van der Waals surface area contributed by atoms with Gasteiger partial charge < -0.3 is 15.7 Å². The van der Waals surface area contributed by atoms with E-state index in [1.54, 1.807) is 0 Å². The van der Waals surface area contributed by atoms with E-state index in [1.165, 1.54) is 36.4 Å². The molecule has 2 rings (SSSR count). The lowest BCUT2D eigenvalue weighted by molar-refractivity contribution is 0.318. The lowest BCUT2D eigenvalue weighted by Crippen LogP contribution is -2.14. The number of oxime groups is 1. The van der Waals surface area contributed by atoms with Crippen LogP contribution in [0.5, 0.6) is 11.5 Å². The highest BCUT2D eigenvalue weighted by atomic mass is 79.9. The molecular weight excluding hydrogens is 334 g/mol. The van der Waals surface area contributed by atoms with Crippen LogP contribution in [0.15, 0.2) is 46.0 Å². The average Bonchev–Trinajstić information content (AvgIpc) is 2.45. The first kappa shape index (κ1) is 14.3. The normalized spacial score (nSPS) is 11.4. The van der Waals surface area contributed by atoms with E-state index in [-0.39, 0.29) is 27.4 Å². The molecular formula is C13H9BrF2N2O2. The number of hydrogen-bond donors (Lipinski definition) is 2. The van der Waals surface area contributed by atoms with Crippen molar-refractivity contribution in [1.82, 2.24) is 0 Å². The van der Waals surface area contributed by atoms with Crippen molar-refractivity contribution < 1.29 is 18.7 Å². The second kappa shape index (κ2) is 5.87. The molecule has 0 fully saturated rings. The Morgan fingerprint density at radius 2 is 1.80 bits per heavy atom. The highest BCUT2D eigenvalue weighted by molar-refractivity contribution is 9.10. The zero-order chi connectivity index (χ0) is 14.7. The number of nitrogens with two attached hydrogens (primary N) is 1. The van der Waals surface area contributed by atoms with Crippen LogP contribution in [0.3, 0.4) is 0 Å². The first-order valence-electron chi connectivity index (χ1n) is 5.42. The maximum Gasteiger partial charge on any atom is 0.180 e. The maximum atomic E-state index is 14.1. The molecule has 0 aliphatic carbocycles. The number of benzene rings is 2. The van der Waals surface area contributed by atoms with Crippen molar-refractivity contribution in [2.75, 3.05) is 0 Å². The van der Waals surface area contributed by atoms with E-state index >= 15 is 0 Å². The highest BCUT2D eigenvalue weighted by Crippen LogP contribution is 2.31. The van der Waals surface area contributed by atoms with E-state index in [0.717, 1.165) is 0 Å². The average molecular weight is 343 g/mol. The fraction of sp³-hybridized carbons (Fsp3) is 0. The molecule has 4 nitrogen and oxygen atoms in total. The van der Waals surface area contributed by atoms with Crippen molar-refractivity contribution in [3.63, 3.8) is 0 Å². The van der Waals surface area contributed by atoms with E-state index in [2.05, 4.69) is 21.1 Å². The van der Waals surface area contributed by atoms with Crippen LogP contribution >= 0.6 is 15.9 Å². The lowest BCUT2D eigenvalue weighted by Gasteiger charge is -2.10. The number of halogens is 3. The third-order valence-corrected chi connectivity index (χ3v) is 3.25. The van der Waals surface area contributed by atoms with Crippen LogP contribution in [0.4, 0.5) is 8.78 Å². The molecule has 0 bridgehead atoms. The van der Waals surface area contributed by atoms with Gasteiger partial charge in [0.15, 0.2) is 17.4 Å². The number of rotatable bonds is 3. The molecule has 0 aliphatic rings. The molecule has 2 aromatic rings. The Morgan fingerprint density at radius 3 is 2.40 bits per heavy atom. The van der Waals surface area contributed by atoms with Crippen LogP contribution in [0.1, 0.15) is 5.56 Å². The van der Waals surface area contributed by atoms with Gasteiger partial charge in [-0.3, -0.25) is 0 Å². The van der Waals surface area contributed by atoms with Gasteiger partial charge in [0.05, 0.1) is 4.47 Å². The largest absolute Gasteiger partial charge is 0.454 e. The van der Waals surface area contributed by atoms with Crippen molar-refractivity contribution >= 4 is 21.8 Å². The summed E-state index contributed by atoms with van der Waals surface area (Å²) < 4.78 is 32.2. The zero-order valence-corrected chi connectivity index (χ0v) is 11.6. The van der Waals surface area contributed by atoms with Gasteiger partial charge in [0, 0.05) is 5.56 Å². The van der Waals surface area contributed by atoms with E-state index < -0.39 is 11.6 Å². The van der Waals surface area contributed by atoms with Gasteiger partial charge in [-0.25, -0.2) is 8.78 Å². The van der Waals surface area contributed by atoms with Crippen LogP contribution in [0.25, 0.3) is 0 Å². The Balaban J connectivity index is 2.34. The van der Waals surface area contributed by atoms with Crippen molar-refractivity contribution in [1.29, 1.82) is 0 Å². The van der Waals surface area contributed by atoms with Crippen LogP contribution < -0.4 is 10.5 Å². The summed E-state index contributed by atoms with van der Waals surface area (Å²) in [5.74, 6) is -1.14. The highest BCUT2D eigenvalue weighted by Gasteiger charge is 2.15. The predicted molar refractivity (Wildman–Crippen MR) is 73.1 cm³/mol. The van der Waals surface area contributed by atoms with Gasteiger partial charge in [0.1, 0.15) is 11.6 Å². The third kappa shape index (κ3) is 2.88. The molecule has 0 aliphatic heterocycles. The predicted octanol–water partition coefficient (Wildman–Crippen LogP) is 3.61. The number of amidine groups is 1. The fourth-order valence-electron chi connectivity index (χ4n) is 1.49. The first-order valence-corrected chi connectivity index (χ1v) is 6.21. The molecule has 0 saturated heterocycles. The number of hydrogen-bond acceptors (Lipinski definition) is 3. The number of ether oxygens (including phenoxy) is 1. The van der Waals surface area contributed by atoms with Gasteiger partial charge in [-0.2, -0.15) is 0 Å². The molecule has 0 saturated carbocycles. The monoisotopic (exact) mass is 342 g/mol. The van der Waals surface area contributed by atoms with Crippen molar-refractivity contribution in [2.24, 2.45) is 10.9 Å². The van der Waals surface area contributed by atoms with E-state index in [0.29, 0.717) is 0 Å². The second-order valence-electron chi connectivity index (χ2n) is 3.78. The first-order chi connectivity index (χ1) is 9.52. The molecule has 0 unspecified atom stereocenters. The molecule has 0 atom stereocenters. The second-order valence-corrected chi connectivity index (χ2v) is 4.57. The van der Waals surface area contributed by atoms with Crippen LogP contribution in [0.2, 0.25) is 0 Å². The van der Waals surface area contributed by atoms with Gasteiger partial charge in [-0.05, 0) is 52.3 Å². The number of nitrogens with zero attached hydrogens (tertiary/aromatic N) is 1. The van der Waals surface area contributed by atoms with Crippen molar-refractivity contribution in [2.45, 2.75) is 0 Å². The van der Waals surface area contributed by atoms with Gasteiger partial charge >= 0.3 is 0 Å².